The fraction of sp³-hybridized carbons (Fsp3) is 0.250. The van der Waals surface area contributed by atoms with Crippen LogP contribution in [-0.2, 0) is 4.79 Å². The van der Waals surface area contributed by atoms with Crippen LogP contribution in [0.5, 0.6) is 5.75 Å². The molecule has 22 heavy (non-hydrogen) atoms. The van der Waals surface area contributed by atoms with Crippen LogP contribution in [-0.4, -0.2) is 17.0 Å². The normalized spacial score (nSPS) is 11.9. The molecule has 116 valence electrons. The molecule has 1 heterocycles. The number of amides is 1. The lowest BCUT2D eigenvalue weighted by Crippen LogP contribution is -2.30. The van der Waals surface area contributed by atoms with E-state index in [0.29, 0.717) is 10.8 Å². The van der Waals surface area contributed by atoms with Crippen LogP contribution in [0.15, 0.2) is 34.9 Å². The van der Waals surface area contributed by atoms with Crippen molar-refractivity contribution >= 4 is 39.1 Å². The fourth-order valence-electron chi connectivity index (χ4n) is 2.01. The molecule has 1 aromatic carbocycles. The van der Waals surface area contributed by atoms with Crippen LogP contribution >= 0.6 is 27.5 Å². The SMILES string of the molecule is Cc1cc(Br)cc(C)c1OC(C)C(=O)Nc1ccc(Cl)nc1. The maximum atomic E-state index is 12.2. The molecular weight excluding hydrogens is 368 g/mol. The Balaban J connectivity index is 2.07. The van der Waals surface area contributed by atoms with Crippen molar-refractivity contribution in [3.8, 4) is 5.75 Å². The van der Waals surface area contributed by atoms with Crippen LogP contribution < -0.4 is 10.1 Å². The number of ether oxygens (including phenoxy) is 1. The van der Waals surface area contributed by atoms with Gasteiger partial charge in [-0.3, -0.25) is 4.79 Å². The molecule has 0 aliphatic rings. The summed E-state index contributed by atoms with van der Waals surface area (Å²) >= 11 is 9.15. The Bertz CT molecular complexity index is 666. The van der Waals surface area contributed by atoms with E-state index >= 15 is 0 Å². The molecule has 2 rings (SSSR count). The van der Waals surface area contributed by atoms with Crippen molar-refractivity contribution in [3.63, 3.8) is 0 Å². The number of aryl methyl sites for hydroxylation is 2. The number of rotatable bonds is 4. The first kappa shape index (κ1) is 16.8. The molecule has 0 fully saturated rings. The number of anilines is 1. The van der Waals surface area contributed by atoms with E-state index in [9.17, 15) is 4.79 Å². The Kier molecular flexibility index (Phi) is 5.42. The van der Waals surface area contributed by atoms with Crippen molar-refractivity contribution in [2.75, 3.05) is 5.32 Å². The van der Waals surface area contributed by atoms with Crippen molar-refractivity contribution in [1.29, 1.82) is 0 Å². The van der Waals surface area contributed by atoms with Crippen LogP contribution in [0.25, 0.3) is 0 Å². The predicted octanol–water partition coefficient (Wildman–Crippen LogP) is 4.52. The van der Waals surface area contributed by atoms with Crippen molar-refractivity contribution in [2.45, 2.75) is 26.9 Å². The lowest BCUT2D eigenvalue weighted by Gasteiger charge is -2.18. The summed E-state index contributed by atoms with van der Waals surface area (Å²) in [5.74, 6) is 0.478. The summed E-state index contributed by atoms with van der Waals surface area (Å²) < 4.78 is 6.79. The van der Waals surface area contributed by atoms with Crippen molar-refractivity contribution in [1.82, 2.24) is 4.98 Å². The molecule has 1 amide bonds. The number of carbonyl (C=O) groups excluding carboxylic acids is 1. The van der Waals surface area contributed by atoms with E-state index in [2.05, 4.69) is 26.2 Å². The summed E-state index contributed by atoms with van der Waals surface area (Å²) in [6.45, 7) is 5.60. The highest BCUT2D eigenvalue weighted by Crippen LogP contribution is 2.28. The molecule has 0 bridgehead atoms. The molecule has 2 aromatic rings. The standard InChI is InChI=1S/C16H16BrClN2O2/c1-9-6-12(17)7-10(2)15(9)22-11(3)16(21)20-13-4-5-14(18)19-8-13/h4-8,11H,1-3H3,(H,20,21). The van der Waals surface area contributed by atoms with Crippen molar-refractivity contribution < 1.29 is 9.53 Å². The third-order valence-corrected chi connectivity index (χ3v) is 3.77. The van der Waals surface area contributed by atoms with Gasteiger partial charge in [0.05, 0.1) is 11.9 Å². The molecule has 0 radical (unpaired) electrons. The minimum atomic E-state index is -0.630. The second-order valence-electron chi connectivity index (χ2n) is 4.99. The van der Waals surface area contributed by atoms with Crippen LogP contribution in [0, 0.1) is 13.8 Å². The first-order valence-electron chi connectivity index (χ1n) is 6.72. The minimum Gasteiger partial charge on any atom is -0.480 e. The Morgan fingerprint density at radius 2 is 1.95 bits per heavy atom. The highest BCUT2D eigenvalue weighted by atomic mass is 79.9. The summed E-state index contributed by atoms with van der Waals surface area (Å²) in [4.78, 5) is 16.1. The lowest BCUT2D eigenvalue weighted by atomic mass is 10.1. The molecule has 1 N–H and O–H groups in total. The van der Waals surface area contributed by atoms with Gasteiger partial charge >= 0.3 is 0 Å². The summed E-state index contributed by atoms with van der Waals surface area (Å²) in [6.07, 6.45) is 0.873. The highest BCUT2D eigenvalue weighted by Gasteiger charge is 2.17. The number of pyridine rings is 1. The van der Waals surface area contributed by atoms with E-state index in [1.165, 1.54) is 6.20 Å². The molecule has 4 nitrogen and oxygen atoms in total. The zero-order valence-electron chi connectivity index (χ0n) is 12.5. The predicted molar refractivity (Wildman–Crippen MR) is 91.6 cm³/mol. The summed E-state index contributed by atoms with van der Waals surface area (Å²) in [5, 5.41) is 3.12. The Hall–Kier alpha value is -1.59. The van der Waals surface area contributed by atoms with E-state index in [1.54, 1.807) is 19.1 Å². The molecule has 0 saturated carbocycles. The number of carbonyl (C=O) groups is 1. The van der Waals surface area contributed by atoms with Gasteiger partial charge in [-0.2, -0.15) is 0 Å². The van der Waals surface area contributed by atoms with Gasteiger partial charge in [0.15, 0.2) is 6.10 Å². The smallest absolute Gasteiger partial charge is 0.265 e. The molecule has 0 saturated heterocycles. The van der Waals surface area contributed by atoms with Gasteiger partial charge in [-0.25, -0.2) is 4.98 Å². The third kappa shape index (κ3) is 4.21. The molecule has 1 unspecified atom stereocenters. The summed E-state index contributed by atoms with van der Waals surface area (Å²) in [5.41, 5.74) is 2.52. The summed E-state index contributed by atoms with van der Waals surface area (Å²) in [6, 6.07) is 7.22. The topological polar surface area (TPSA) is 51.2 Å². The molecular formula is C16H16BrClN2O2. The van der Waals surface area contributed by atoms with E-state index in [0.717, 1.165) is 21.3 Å². The average Bonchev–Trinajstić information content (AvgIpc) is 2.45. The van der Waals surface area contributed by atoms with Crippen LogP contribution in [0.4, 0.5) is 5.69 Å². The number of aromatic nitrogens is 1. The first-order valence-corrected chi connectivity index (χ1v) is 7.89. The monoisotopic (exact) mass is 382 g/mol. The zero-order valence-corrected chi connectivity index (χ0v) is 14.8. The van der Waals surface area contributed by atoms with Gasteiger partial charge in [-0.1, -0.05) is 27.5 Å². The highest BCUT2D eigenvalue weighted by molar-refractivity contribution is 9.10. The lowest BCUT2D eigenvalue weighted by molar-refractivity contribution is -0.122. The second-order valence-corrected chi connectivity index (χ2v) is 6.29. The van der Waals surface area contributed by atoms with Gasteiger partial charge in [-0.15, -0.1) is 0 Å². The molecule has 0 aliphatic carbocycles. The Labute approximate surface area is 143 Å². The molecule has 1 atom stereocenters. The molecule has 6 heteroatoms. The Morgan fingerprint density at radius 3 is 2.50 bits per heavy atom. The molecule has 0 spiro atoms. The van der Waals surface area contributed by atoms with Gasteiger partial charge in [0, 0.05) is 4.47 Å². The van der Waals surface area contributed by atoms with Crippen LogP contribution in [0.1, 0.15) is 18.1 Å². The van der Waals surface area contributed by atoms with Crippen molar-refractivity contribution in [2.24, 2.45) is 0 Å². The largest absolute Gasteiger partial charge is 0.480 e. The van der Waals surface area contributed by atoms with Gasteiger partial charge in [-0.05, 0) is 56.2 Å². The number of hydrogen-bond donors (Lipinski definition) is 1. The maximum Gasteiger partial charge on any atom is 0.265 e. The minimum absolute atomic E-state index is 0.245. The molecule has 1 aromatic heterocycles. The number of halogens is 2. The number of benzene rings is 1. The second kappa shape index (κ2) is 7.11. The fourth-order valence-corrected chi connectivity index (χ4v) is 2.81. The Morgan fingerprint density at radius 1 is 1.32 bits per heavy atom. The quantitative estimate of drug-likeness (QED) is 0.790. The molecule has 0 aliphatic heterocycles. The zero-order chi connectivity index (χ0) is 16.3. The van der Waals surface area contributed by atoms with E-state index < -0.39 is 6.10 Å². The number of nitrogens with one attached hydrogen (secondary N) is 1. The third-order valence-electron chi connectivity index (χ3n) is 3.08. The van der Waals surface area contributed by atoms with Crippen LogP contribution in [0.2, 0.25) is 5.15 Å². The van der Waals surface area contributed by atoms with Crippen LogP contribution in [0.3, 0.4) is 0 Å². The van der Waals surface area contributed by atoms with Crippen molar-refractivity contribution in [3.05, 3.63) is 51.2 Å². The number of nitrogens with zero attached hydrogens (tertiary/aromatic N) is 1. The van der Waals surface area contributed by atoms with E-state index in [-0.39, 0.29) is 5.91 Å². The average molecular weight is 384 g/mol. The van der Waals surface area contributed by atoms with Gasteiger partial charge in [0.1, 0.15) is 10.9 Å². The van der Waals surface area contributed by atoms with Gasteiger partial charge in [0.25, 0.3) is 5.91 Å². The summed E-state index contributed by atoms with van der Waals surface area (Å²) in [7, 11) is 0. The van der Waals surface area contributed by atoms with E-state index in [4.69, 9.17) is 16.3 Å². The van der Waals surface area contributed by atoms with E-state index in [1.807, 2.05) is 26.0 Å². The van der Waals surface area contributed by atoms with Gasteiger partial charge in [0.2, 0.25) is 0 Å². The van der Waals surface area contributed by atoms with Gasteiger partial charge < -0.3 is 10.1 Å². The number of hydrogen-bond acceptors (Lipinski definition) is 3. The maximum absolute atomic E-state index is 12.2. The first-order chi connectivity index (χ1) is 10.4.